The number of carbonyl (C=O) groups is 1. The van der Waals surface area contributed by atoms with Crippen molar-refractivity contribution in [2.45, 2.75) is 13.8 Å². The number of carboxylic acid groups (broad SMARTS) is 1. The molecule has 16 heavy (non-hydrogen) atoms. The van der Waals surface area contributed by atoms with E-state index in [0.717, 1.165) is 17.4 Å². The van der Waals surface area contributed by atoms with E-state index < -0.39 is 11.4 Å². The average molecular weight is 218 g/mol. The van der Waals surface area contributed by atoms with Gasteiger partial charge in [-0.1, -0.05) is 6.07 Å². The number of aryl methyl sites for hydroxylation is 2. The summed E-state index contributed by atoms with van der Waals surface area (Å²) in [7, 11) is 0. The summed E-state index contributed by atoms with van der Waals surface area (Å²) < 4.78 is 5.17. The zero-order valence-corrected chi connectivity index (χ0v) is 8.90. The first-order valence-corrected chi connectivity index (χ1v) is 4.77. The molecule has 1 aromatic heterocycles. The Balaban J connectivity index is 2.95. The summed E-state index contributed by atoms with van der Waals surface area (Å²) in [5, 5.41) is 9.15. The second kappa shape index (κ2) is 3.48. The fourth-order valence-electron chi connectivity index (χ4n) is 1.77. The molecule has 0 saturated carbocycles. The van der Waals surface area contributed by atoms with Gasteiger partial charge >= 0.3 is 5.97 Å². The lowest BCUT2D eigenvalue weighted by molar-refractivity contribution is 0.0693. The topological polar surface area (TPSA) is 67.5 Å². The zero-order valence-electron chi connectivity index (χ0n) is 8.90. The van der Waals surface area contributed by atoms with Gasteiger partial charge in [-0.2, -0.15) is 0 Å². The van der Waals surface area contributed by atoms with Crippen molar-refractivity contribution in [3.63, 3.8) is 0 Å². The smallest absolute Gasteiger partial charge is 0.342 e. The molecule has 1 aromatic carbocycles. The molecule has 0 amide bonds. The predicted molar refractivity (Wildman–Crippen MR) is 58.9 cm³/mol. The molecule has 0 spiro atoms. The lowest BCUT2D eigenvalue weighted by atomic mass is 10.1. The fourth-order valence-corrected chi connectivity index (χ4v) is 1.77. The van der Waals surface area contributed by atoms with E-state index in [1.54, 1.807) is 13.0 Å². The van der Waals surface area contributed by atoms with Crippen LogP contribution in [0.25, 0.3) is 11.0 Å². The van der Waals surface area contributed by atoms with Crippen LogP contribution in [0.2, 0.25) is 0 Å². The summed E-state index contributed by atoms with van der Waals surface area (Å²) in [4.78, 5) is 22.6. The number of benzene rings is 1. The van der Waals surface area contributed by atoms with Gasteiger partial charge in [-0.3, -0.25) is 4.79 Å². The number of aromatic carboxylic acids is 1. The van der Waals surface area contributed by atoms with Gasteiger partial charge in [0.1, 0.15) is 17.4 Å². The van der Waals surface area contributed by atoms with E-state index in [4.69, 9.17) is 9.52 Å². The Bertz CT molecular complexity index is 637. The Labute approximate surface area is 91.1 Å². The Hall–Kier alpha value is -2.10. The Morgan fingerprint density at radius 1 is 1.31 bits per heavy atom. The molecule has 2 aromatic rings. The van der Waals surface area contributed by atoms with Crippen molar-refractivity contribution in [3.8, 4) is 0 Å². The minimum absolute atomic E-state index is 0.334. The van der Waals surface area contributed by atoms with Gasteiger partial charge in [-0.15, -0.1) is 0 Å². The maximum Gasteiger partial charge on any atom is 0.342 e. The molecule has 1 heterocycles. The van der Waals surface area contributed by atoms with Crippen molar-refractivity contribution in [1.82, 2.24) is 0 Å². The predicted octanol–water partition coefficient (Wildman–Crippen LogP) is 2.11. The third kappa shape index (κ3) is 1.48. The lowest BCUT2D eigenvalue weighted by Crippen LogP contribution is -2.14. The number of rotatable bonds is 1. The maximum atomic E-state index is 11.9. The summed E-state index contributed by atoms with van der Waals surface area (Å²) in [5.41, 5.74) is 1.29. The van der Waals surface area contributed by atoms with Gasteiger partial charge in [0.25, 0.3) is 0 Å². The Kier molecular flexibility index (Phi) is 2.27. The number of fused-ring (bicyclic) bond motifs is 1. The second-order valence-electron chi connectivity index (χ2n) is 3.74. The summed E-state index contributed by atoms with van der Waals surface area (Å²) in [5.74, 6) is -1.27. The van der Waals surface area contributed by atoms with E-state index in [2.05, 4.69) is 0 Å². The molecular formula is C12H10O4. The van der Waals surface area contributed by atoms with E-state index in [-0.39, 0.29) is 5.56 Å². The Morgan fingerprint density at radius 3 is 2.62 bits per heavy atom. The van der Waals surface area contributed by atoms with Crippen LogP contribution < -0.4 is 5.43 Å². The molecule has 0 aliphatic rings. The minimum Gasteiger partial charge on any atom is -0.477 e. The molecule has 0 aliphatic heterocycles. The number of hydrogen-bond donors (Lipinski definition) is 1. The molecule has 4 nitrogen and oxygen atoms in total. The highest BCUT2D eigenvalue weighted by atomic mass is 16.4. The monoisotopic (exact) mass is 218 g/mol. The molecule has 0 unspecified atom stereocenters. The minimum atomic E-state index is -1.27. The van der Waals surface area contributed by atoms with Crippen molar-refractivity contribution < 1.29 is 14.3 Å². The second-order valence-corrected chi connectivity index (χ2v) is 3.74. The highest BCUT2D eigenvalue weighted by molar-refractivity contribution is 5.92. The van der Waals surface area contributed by atoms with Gasteiger partial charge in [0.05, 0.1) is 5.39 Å². The van der Waals surface area contributed by atoms with Crippen molar-refractivity contribution in [2.75, 3.05) is 0 Å². The molecular weight excluding hydrogens is 208 g/mol. The standard InChI is InChI=1S/C12H10O4/c1-6-3-7(2)10-9(4-6)16-5-8(11(10)13)12(14)15/h3-5H,1-2H3,(H,14,15). The van der Waals surface area contributed by atoms with Gasteiger partial charge in [-0.05, 0) is 31.0 Å². The molecule has 0 radical (unpaired) electrons. The van der Waals surface area contributed by atoms with E-state index in [1.807, 2.05) is 13.0 Å². The van der Waals surface area contributed by atoms with Crippen molar-refractivity contribution >= 4 is 16.9 Å². The van der Waals surface area contributed by atoms with Crippen LogP contribution in [0.1, 0.15) is 21.5 Å². The first-order chi connectivity index (χ1) is 7.50. The highest BCUT2D eigenvalue weighted by Gasteiger charge is 2.14. The van der Waals surface area contributed by atoms with Crippen molar-refractivity contribution in [1.29, 1.82) is 0 Å². The van der Waals surface area contributed by atoms with Crippen LogP contribution in [0.3, 0.4) is 0 Å². The Morgan fingerprint density at radius 2 is 2.00 bits per heavy atom. The van der Waals surface area contributed by atoms with Gasteiger partial charge in [-0.25, -0.2) is 4.79 Å². The van der Waals surface area contributed by atoms with Gasteiger partial charge in [0.15, 0.2) is 0 Å². The van der Waals surface area contributed by atoms with Crippen molar-refractivity contribution in [3.05, 3.63) is 45.3 Å². The van der Waals surface area contributed by atoms with Gasteiger partial charge in [0.2, 0.25) is 5.43 Å². The van der Waals surface area contributed by atoms with Gasteiger partial charge < -0.3 is 9.52 Å². The van der Waals surface area contributed by atoms with E-state index in [1.165, 1.54) is 0 Å². The zero-order chi connectivity index (χ0) is 11.9. The van der Waals surface area contributed by atoms with Crippen LogP contribution in [0.15, 0.2) is 27.6 Å². The number of carboxylic acids is 1. The average Bonchev–Trinajstić information content (AvgIpc) is 2.15. The van der Waals surface area contributed by atoms with Crippen molar-refractivity contribution in [2.24, 2.45) is 0 Å². The summed E-state index contributed by atoms with van der Waals surface area (Å²) in [6, 6.07) is 3.54. The molecule has 0 atom stereocenters. The van der Waals surface area contributed by atoms with E-state index in [0.29, 0.717) is 11.0 Å². The van der Waals surface area contributed by atoms with Crippen LogP contribution in [-0.4, -0.2) is 11.1 Å². The first-order valence-electron chi connectivity index (χ1n) is 4.77. The molecule has 0 fully saturated rings. The largest absolute Gasteiger partial charge is 0.477 e. The third-order valence-electron chi connectivity index (χ3n) is 2.45. The van der Waals surface area contributed by atoms with Crippen LogP contribution in [-0.2, 0) is 0 Å². The molecule has 2 rings (SSSR count). The number of hydrogen-bond acceptors (Lipinski definition) is 3. The fraction of sp³-hybridized carbons (Fsp3) is 0.167. The van der Waals surface area contributed by atoms with E-state index in [9.17, 15) is 9.59 Å². The molecule has 0 bridgehead atoms. The van der Waals surface area contributed by atoms with Gasteiger partial charge in [0, 0.05) is 0 Å². The summed E-state index contributed by atoms with van der Waals surface area (Å²) >= 11 is 0. The first kappa shape index (κ1) is 10.4. The summed E-state index contributed by atoms with van der Waals surface area (Å²) in [6.45, 7) is 3.65. The van der Waals surface area contributed by atoms with E-state index >= 15 is 0 Å². The van der Waals surface area contributed by atoms with Crippen LogP contribution in [0, 0.1) is 13.8 Å². The molecule has 4 heteroatoms. The molecule has 1 N–H and O–H groups in total. The third-order valence-corrected chi connectivity index (χ3v) is 2.45. The maximum absolute atomic E-state index is 11.9. The van der Waals surface area contributed by atoms with Crippen LogP contribution >= 0.6 is 0 Å². The SMILES string of the molecule is Cc1cc(C)c2c(=O)c(C(=O)O)coc2c1. The summed E-state index contributed by atoms with van der Waals surface area (Å²) in [6.07, 6.45) is 0.992. The highest BCUT2D eigenvalue weighted by Crippen LogP contribution is 2.17. The van der Waals surface area contributed by atoms with Crippen LogP contribution in [0.4, 0.5) is 0 Å². The molecule has 82 valence electrons. The normalized spacial score (nSPS) is 10.6. The lowest BCUT2D eigenvalue weighted by Gasteiger charge is -2.03. The molecule has 0 aliphatic carbocycles. The quantitative estimate of drug-likeness (QED) is 0.795. The molecule has 0 saturated heterocycles. The van der Waals surface area contributed by atoms with Crippen LogP contribution in [0.5, 0.6) is 0 Å².